The molecule has 0 aliphatic carbocycles. The number of rotatable bonds is 5. The van der Waals surface area contributed by atoms with Crippen LogP contribution >= 0.6 is 0 Å². The molecule has 1 heterocycles. The van der Waals surface area contributed by atoms with E-state index in [0.29, 0.717) is 12.0 Å². The first kappa shape index (κ1) is 13.6. The van der Waals surface area contributed by atoms with E-state index in [-0.39, 0.29) is 6.10 Å². The Morgan fingerprint density at radius 1 is 1.28 bits per heavy atom. The average molecular weight is 247 g/mol. The molecule has 0 radical (unpaired) electrons. The van der Waals surface area contributed by atoms with Gasteiger partial charge in [0, 0.05) is 25.1 Å². The molecule has 2 nitrogen and oxygen atoms in total. The molecule has 2 rings (SSSR count). The Morgan fingerprint density at radius 2 is 2.00 bits per heavy atom. The molecule has 1 saturated heterocycles. The van der Waals surface area contributed by atoms with Gasteiger partial charge in [0.1, 0.15) is 0 Å². The van der Waals surface area contributed by atoms with Gasteiger partial charge < -0.3 is 10.1 Å². The fourth-order valence-corrected chi connectivity index (χ4v) is 2.54. The van der Waals surface area contributed by atoms with Crippen LogP contribution in [0.25, 0.3) is 0 Å². The third-order valence-corrected chi connectivity index (χ3v) is 3.72. The molecule has 2 unspecified atom stereocenters. The number of hydrogen-bond donors (Lipinski definition) is 1. The number of ether oxygens (including phenoxy) is 1. The quantitative estimate of drug-likeness (QED) is 0.862. The second-order valence-electron chi connectivity index (χ2n) is 5.50. The van der Waals surface area contributed by atoms with E-state index in [4.69, 9.17) is 4.74 Å². The minimum atomic E-state index is 0.280. The Bertz CT molecular complexity index is 358. The van der Waals surface area contributed by atoms with E-state index >= 15 is 0 Å². The summed E-state index contributed by atoms with van der Waals surface area (Å²) in [6, 6.07) is 9.47. The lowest BCUT2D eigenvalue weighted by Crippen LogP contribution is -2.30. The zero-order valence-electron chi connectivity index (χ0n) is 11.8. The fourth-order valence-electron chi connectivity index (χ4n) is 2.54. The molecule has 2 atom stereocenters. The van der Waals surface area contributed by atoms with E-state index in [9.17, 15) is 0 Å². The number of benzene rings is 1. The van der Waals surface area contributed by atoms with E-state index in [2.05, 4.69) is 50.4 Å². The van der Waals surface area contributed by atoms with Crippen molar-refractivity contribution in [2.24, 2.45) is 5.92 Å². The molecule has 1 N–H and O–H groups in total. The lowest BCUT2D eigenvalue weighted by atomic mass is 9.94. The van der Waals surface area contributed by atoms with Crippen molar-refractivity contribution < 1.29 is 4.74 Å². The molecule has 1 aromatic carbocycles. The fraction of sp³-hybridized carbons (Fsp3) is 0.625. The first-order valence-electron chi connectivity index (χ1n) is 7.14. The van der Waals surface area contributed by atoms with Crippen LogP contribution < -0.4 is 5.32 Å². The van der Waals surface area contributed by atoms with Crippen molar-refractivity contribution in [1.82, 2.24) is 5.32 Å². The highest BCUT2D eigenvalue weighted by Crippen LogP contribution is 2.34. The Balaban J connectivity index is 2.01. The summed E-state index contributed by atoms with van der Waals surface area (Å²) >= 11 is 0. The van der Waals surface area contributed by atoms with Gasteiger partial charge in [-0.05, 0) is 24.0 Å². The largest absolute Gasteiger partial charge is 0.373 e. The first-order valence-corrected chi connectivity index (χ1v) is 7.14. The van der Waals surface area contributed by atoms with Crippen molar-refractivity contribution in [3.05, 3.63) is 35.4 Å². The number of nitrogens with one attached hydrogen (secondary N) is 1. The Morgan fingerprint density at radius 3 is 2.61 bits per heavy atom. The molecule has 1 aliphatic rings. The Kier molecular flexibility index (Phi) is 4.79. The second-order valence-corrected chi connectivity index (χ2v) is 5.50. The van der Waals surface area contributed by atoms with E-state index in [1.54, 1.807) is 0 Å². The van der Waals surface area contributed by atoms with E-state index in [1.807, 2.05) is 0 Å². The highest BCUT2D eigenvalue weighted by atomic mass is 16.5. The predicted molar refractivity (Wildman–Crippen MR) is 75.8 cm³/mol. The van der Waals surface area contributed by atoms with Gasteiger partial charge in [0.25, 0.3) is 0 Å². The van der Waals surface area contributed by atoms with E-state index in [0.717, 1.165) is 19.6 Å². The zero-order chi connectivity index (χ0) is 13.0. The van der Waals surface area contributed by atoms with Crippen molar-refractivity contribution in [2.75, 3.05) is 13.2 Å². The summed E-state index contributed by atoms with van der Waals surface area (Å²) in [5.41, 5.74) is 2.73. The molecular formula is C16H25NO. The summed E-state index contributed by atoms with van der Waals surface area (Å²) in [5.74, 6) is 0.611. The van der Waals surface area contributed by atoms with E-state index in [1.165, 1.54) is 17.5 Å². The van der Waals surface area contributed by atoms with Crippen LogP contribution in [0.2, 0.25) is 0 Å². The third kappa shape index (κ3) is 3.33. The molecule has 100 valence electrons. The molecule has 1 aliphatic heterocycles. The van der Waals surface area contributed by atoms with Gasteiger partial charge in [-0.25, -0.2) is 0 Å². The van der Waals surface area contributed by atoms with Crippen molar-refractivity contribution in [2.45, 2.75) is 45.8 Å². The number of aryl methyl sites for hydroxylation is 1. The van der Waals surface area contributed by atoms with Crippen molar-refractivity contribution >= 4 is 0 Å². The van der Waals surface area contributed by atoms with Crippen molar-refractivity contribution in [3.8, 4) is 0 Å². The van der Waals surface area contributed by atoms with Crippen LogP contribution in [0.5, 0.6) is 0 Å². The minimum absolute atomic E-state index is 0.280. The van der Waals surface area contributed by atoms with Crippen LogP contribution in [-0.4, -0.2) is 19.2 Å². The van der Waals surface area contributed by atoms with Gasteiger partial charge >= 0.3 is 0 Å². The Hall–Kier alpha value is -0.860. The summed E-state index contributed by atoms with van der Waals surface area (Å²) in [7, 11) is 0. The summed E-state index contributed by atoms with van der Waals surface area (Å²) < 4.78 is 5.92. The smallest absolute Gasteiger partial charge is 0.0866 e. The number of hydrogen-bond acceptors (Lipinski definition) is 2. The standard InChI is InChI=1S/C16H25NO/c1-4-13-5-7-14(8-6-13)16-15(9-10-18-16)11-17-12(2)3/h5-8,12,15-17H,4,9-11H2,1-3H3. The summed E-state index contributed by atoms with van der Waals surface area (Å²) in [6.07, 6.45) is 2.55. The van der Waals surface area contributed by atoms with E-state index < -0.39 is 0 Å². The van der Waals surface area contributed by atoms with Crippen LogP contribution in [-0.2, 0) is 11.2 Å². The summed E-state index contributed by atoms with van der Waals surface area (Å²) in [6.45, 7) is 8.53. The summed E-state index contributed by atoms with van der Waals surface area (Å²) in [4.78, 5) is 0. The average Bonchev–Trinajstić information content (AvgIpc) is 2.85. The SMILES string of the molecule is CCc1ccc(C2OCCC2CNC(C)C)cc1. The predicted octanol–water partition coefficient (Wildman–Crippen LogP) is 3.32. The van der Waals surface area contributed by atoms with Crippen LogP contribution in [0.15, 0.2) is 24.3 Å². The maximum Gasteiger partial charge on any atom is 0.0866 e. The topological polar surface area (TPSA) is 21.3 Å². The van der Waals surface area contributed by atoms with Gasteiger partial charge in [-0.3, -0.25) is 0 Å². The molecule has 1 aromatic rings. The van der Waals surface area contributed by atoms with Gasteiger partial charge in [0.05, 0.1) is 6.10 Å². The van der Waals surface area contributed by atoms with Gasteiger partial charge in [0.15, 0.2) is 0 Å². The molecule has 18 heavy (non-hydrogen) atoms. The van der Waals surface area contributed by atoms with Gasteiger partial charge in [-0.2, -0.15) is 0 Å². The molecule has 1 fully saturated rings. The highest BCUT2D eigenvalue weighted by molar-refractivity contribution is 5.25. The van der Waals surface area contributed by atoms with Crippen LogP contribution in [0, 0.1) is 5.92 Å². The molecular weight excluding hydrogens is 222 g/mol. The lowest BCUT2D eigenvalue weighted by Gasteiger charge is -2.21. The van der Waals surface area contributed by atoms with Gasteiger partial charge in [0.2, 0.25) is 0 Å². The highest BCUT2D eigenvalue weighted by Gasteiger charge is 2.29. The second kappa shape index (κ2) is 6.35. The third-order valence-electron chi connectivity index (χ3n) is 3.72. The summed E-state index contributed by atoms with van der Waals surface area (Å²) in [5, 5.41) is 3.53. The molecule has 2 heteroatoms. The first-order chi connectivity index (χ1) is 8.70. The van der Waals surface area contributed by atoms with Gasteiger partial charge in [-0.1, -0.05) is 45.0 Å². The van der Waals surface area contributed by atoms with Crippen molar-refractivity contribution in [1.29, 1.82) is 0 Å². The molecule has 0 aromatic heterocycles. The molecule has 0 spiro atoms. The van der Waals surface area contributed by atoms with Crippen LogP contribution in [0.3, 0.4) is 0 Å². The monoisotopic (exact) mass is 247 g/mol. The van der Waals surface area contributed by atoms with Crippen molar-refractivity contribution in [3.63, 3.8) is 0 Å². The molecule has 0 bridgehead atoms. The van der Waals surface area contributed by atoms with Crippen LogP contribution in [0.1, 0.15) is 44.4 Å². The molecule has 0 saturated carbocycles. The lowest BCUT2D eigenvalue weighted by molar-refractivity contribution is 0.0901. The maximum absolute atomic E-state index is 5.92. The maximum atomic E-state index is 5.92. The minimum Gasteiger partial charge on any atom is -0.373 e. The van der Waals surface area contributed by atoms with Crippen LogP contribution in [0.4, 0.5) is 0 Å². The zero-order valence-corrected chi connectivity index (χ0v) is 11.8. The molecule has 0 amide bonds. The normalized spacial score (nSPS) is 23.8. The Labute approximate surface area is 111 Å². The van der Waals surface area contributed by atoms with Gasteiger partial charge in [-0.15, -0.1) is 0 Å².